The number of carbonyl (C=O) groups is 2. The number of aliphatic hydroxyl groups excluding tert-OH is 1. The van der Waals surface area contributed by atoms with Crippen LogP contribution in [-0.4, -0.2) is 47.7 Å². The molecule has 5 nitrogen and oxygen atoms in total. The van der Waals surface area contributed by atoms with E-state index >= 15 is 0 Å². The molecule has 0 bridgehead atoms. The van der Waals surface area contributed by atoms with Crippen LogP contribution in [0.25, 0.3) is 0 Å². The van der Waals surface area contributed by atoms with E-state index in [0.717, 1.165) is 12.8 Å². The average Bonchev–Trinajstić information content (AvgIpc) is 2.52. The minimum absolute atomic E-state index is 0.0552. The van der Waals surface area contributed by atoms with Crippen molar-refractivity contribution in [3.63, 3.8) is 0 Å². The Morgan fingerprint density at radius 1 is 1.43 bits per heavy atom. The predicted molar refractivity (Wildman–Crippen MR) is 80.6 cm³/mol. The van der Waals surface area contributed by atoms with Gasteiger partial charge in [-0.15, -0.1) is 0 Å². The third-order valence-electron chi connectivity index (χ3n) is 4.17. The Morgan fingerprint density at radius 3 is 2.67 bits per heavy atom. The largest absolute Gasteiger partial charge is 0.466 e. The molecule has 5 heteroatoms. The molecule has 1 fully saturated rings. The van der Waals surface area contributed by atoms with E-state index in [2.05, 4.69) is 20.8 Å². The summed E-state index contributed by atoms with van der Waals surface area (Å²) in [5.74, 6) is 0.165. The molecule has 2 atom stereocenters. The number of nitrogens with zero attached hydrogens (tertiary/aromatic N) is 1. The standard InChI is InChI=1S/C16H29NO4/c1-5-21-15(20)10-13(18)11-17-9-8-12(16(2,3)4)6-7-14(17)19/h12-13,18H,5-11H2,1-4H3. The summed E-state index contributed by atoms with van der Waals surface area (Å²) in [6, 6.07) is 0. The first-order valence-electron chi connectivity index (χ1n) is 7.85. The van der Waals surface area contributed by atoms with Crippen LogP contribution in [0.2, 0.25) is 0 Å². The second kappa shape index (κ2) is 7.78. The van der Waals surface area contributed by atoms with E-state index in [1.807, 2.05) is 0 Å². The molecule has 1 N–H and O–H groups in total. The van der Waals surface area contributed by atoms with E-state index in [4.69, 9.17) is 4.74 Å². The Kier molecular flexibility index (Phi) is 6.65. The summed E-state index contributed by atoms with van der Waals surface area (Å²) in [7, 11) is 0. The van der Waals surface area contributed by atoms with Crippen molar-refractivity contribution in [1.29, 1.82) is 0 Å². The number of β-amino-alcohol motifs (C(OH)–C–C–N with tert-alkyl or cyclic N) is 1. The second-order valence-electron chi connectivity index (χ2n) is 6.89. The molecule has 0 aromatic rings. The minimum atomic E-state index is -0.848. The fraction of sp³-hybridized carbons (Fsp3) is 0.875. The van der Waals surface area contributed by atoms with Crippen LogP contribution in [0.3, 0.4) is 0 Å². The Morgan fingerprint density at radius 2 is 2.10 bits per heavy atom. The van der Waals surface area contributed by atoms with E-state index in [1.54, 1.807) is 11.8 Å². The molecule has 1 heterocycles. The van der Waals surface area contributed by atoms with Gasteiger partial charge in [-0.2, -0.15) is 0 Å². The molecule has 122 valence electrons. The molecule has 1 saturated heterocycles. The van der Waals surface area contributed by atoms with Gasteiger partial charge in [-0.25, -0.2) is 0 Å². The Hall–Kier alpha value is -1.10. The van der Waals surface area contributed by atoms with Crippen LogP contribution in [0.1, 0.15) is 53.4 Å². The monoisotopic (exact) mass is 299 g/mol. The molecular weight excluding hydrogens is 270 g/mol. The van der Waals surface area contributed by atoms with Gasteiger partial charge in [-0.05, 0) is 31.1 Å². The van der Waals surface area contributed by atoms with Crippen molar-refractivity contribution < 1.29 is 19.4 Å². The van der Waals surface area contributed by atoms with Crippen molar-refractivity contribution in [3.8, 4) is 0 Å². The van der Waals surface area contributed by atoms with Crippen LogP contribution in [0.5, 0.6) is 0 Å². The number of rotatable bonds is 5. The van der Waals surface area contributed by atoms with Crippen molar-refractivity contribution in [2.45, 2.75) is 59.5 Å². The molecule has 0 aromatic carbocycles. The molecule has 0 saturated carbocycles. The summed E-state index contributed by atoms with van der Waals surface area (Å²) in [4.78, 5) is 25.2. The first kappa shape index (κ1) is 18.0. The van der Waals surface area contributed by atoms with Crippen molar-refractivity contribution in [3.05, 3.63) is 0 Å². The zero-order valence-corrected chi connectivity index (χ0v) is 13.7. The highest BCUT2D eigenvalue weighted by atomic mass is 16.5. The van der Waals surface area contributed by atoms with E-state index in [1.165, 1.54) is 0 Å². The maximum absolute atomic E-state index is 12.1. The summed E-state index contributed by atoms with van der Waals surface area (Å²) in [6.07, 6.45) is 1.46. The predicted octanol–water partition coefficient (Wildman–Crippen LogP) is 1.98. The molecule has 1 amide bonds. The molecule has 2 unspecified atom stereocenters. The number of aliphatic hydroxyl groups is 1. The average molecular weight is 299 g/mol. The fourth-order valence-corrected chi connectivity index (χ4v) is 2.83. The smallest absolute Gasteiger partial charge is 0.308 e. The molecule has 1 aliphatic heterocycles. The Bertz CT molecular complexity index is 362. The SMILES string of the molecule is CCOC(=O)CC(O)CN1CCC(C(C)(C)C)CCC1=O. The first-order chi connectivity index (χ1) is 9.74. The summed E-state index contributed by atoms with van der Waals surface area (Å²) in [6.45, 7) is 9.51. The highest BCUT2D eigenvalue weighted by Crippen LogP contribution is 2.34. The zero-order chi connectivity index (χ0) is 16.0. The lowest BCUT2D eigenvalue weighted by Gasteiger charge is -2.29. The number of amides is 1. The van der Waals surface area contributed by atoms with Crippen LogP contribution in [0, 0.1) is 11.3 Å². The van der Waals surface area contributed by atoms with Gasteiger partial charge in [0.1, 0.15) is 0 Å². The molecule has 0 spiro atoms. The number of carbonyl (C=O) groups excluding carboxylic acids is 2. The number of esters is 1. The van der Waals surface area contributed by atoms with E-state index < -0.39 is 12.1 Å². The van der Waals surface area contributed by atoms with Gasteiger partial charge in [0.2, 0.25) is 5.91 Å². The van der Waals surface area contributed by atoms with Crippen molar-refractivity contribution in [2.75, 3.05) is 19.7 Å². The normalized spacial score (nSPS) is 21.9. The fourth-order valence-electron chi connectivity index (χ4n) is 2.83. The van der Waals surface area contributed by atoms with Crippen LogP contribution in [0.4, 0.5) is 0 Å². The van der Waals surface area contributed by atoms with Gasteiger partial charge in [0.15, 0.2) is 0 Å². The third kappa shape index (κ3) is 6.04. The quantitative estimate of drug-likeness (QED) is 0.788. The molecule has 0 aromatic heterocycles. The molecule has 0 aliphatic carbocycles. The van der Waals surface area contributed by atoms with E-state index in [0.29, 0.717) is 25.5 Å². The van der Waals surface area contributed by atoms with E-state index in [-0.39, 0.29) is 24.3 Å². The van der Waals surface area contributed by atoms with Crippen molar-refractivity contribution >= 4 is 11.9 Å². The molecule has 1 aliphatic rings. The van der Waals surface area contributed by atoms with Gasteiger partial charge in [-0.1, -0.05) is 20.8 Å². The summed E-state index contributed by atoms with van der Waals surface area (Å²) in [5, 5.41) is 9.94. The van der Waals surface area contributed by atoms with E-state index in [9.17, 15) is 14.7 Å². The topological polar surface area (TPSA) is 66.8 Å². The van der Waals surface area contributed by atoms with Crippen LogP contribution in [-0.2, 0) is 14.3 Å². The highest BCUT2D eigenvalue weighted by molar-refractivity contribution is 5.76. The minimum Gasteiger partial charge on any atom is -0.466 e. The number of likely N-dealkylation sites (tertiary alicyclic amines) is 1. The summed E-state index contributed by atoms with van der Waals surface area (Å²) in [5.41, 5.74) is 0.194. The van der Waals surface area contributed by atoms with Gasteiger partial charge < -0.3 is 14.7 Å². The lowest BCUT2D eigenvalue weighted by Crippen LogP contribution is -2.38. The van der Waals surface area contributed by atoms with Gasteiger partial charge in [0, 0.05) is 19.5 Å². The highest BCUT2D eigenvalue weighted by Gasteiger charge is 2.30. The number of hydrogen-bond donors (Lipinski definition) is 1. The van der Waals surface area contributed by atoms with Gasteiger partial charge in [0.25, 0.3) is 0 Å². The first-order valence-corrected chi connectivity index (χ1v) is 7.85. The van der Waals surface area contributed by atoms with Crippen LogP contribution >= 0.6 is 0 Å². The Balaban J connectivity index is 2.51. The van der Waals surface area contributed by atoms with Gasteiger partial charge >= 0.3 is 5.97 Å². The summed E-state index contributed by atoms with van der Waals surface area (Å²) >= 11 is 0. The van der Waals surface area contributed by atoms with Crippen LogP contribution in [0.15, 0.2) is 0 Å². The second-order valence-corrected chi connectivity index (χ2v) is 6.89. The lowest BCUT2D eigenvalue weighted by atomic mass is 9.77. The number of hydrogen-bond acceptors (Lipinski definition) is 4. The maximum Gasteiger partial charge on any atom is 0.308 e. The van der Waals surface area contributed by atoms with Gasteiger partial charge in [0.05, 0.1) is 19.1 Å². The number of ether oxygens (including phenoxy) is 1. The van der Waals surface area contributed by atoms with Crippen molar-refractivity contribution in [2.24, 2.45) is 11.3 Å². The molecule has 1 rings (SSSR count). The molecule has 21 heavy (non-hydrogen) atoms. The summed E-state index contributed by atoms with van der Waals surface area (Å²) < 4.78 is 4.81. The maximum atomic E-state index is 12.1. The lowest BCUT2D eigenvalue weighted by molar-refractivity contribution is -0.146. The van der Waals surface area contributed by atoms with Crippen molar-refractivity contribution in [1.82, 2.24) is 4.90 Å². The zero-order valence-electron chi connectivity index (χ0n) is 13.7. The third-order valence-corrected chi connectivity index (χ3v) is 4.17. The molecule has 0 radical (unpaired) electrons. The molecular formula is C16H29NO4. The Labute approximate surface area is 127 Å². The van der Waals surface area contributed by atoms with Gasteiger partial charge in [-0.3, -0.25) is 9.59 Å². The van der Waals surface area contributed by atoms with Crippen LogP contribution < -0.4 is 0 Å².